The minimum Gasteiger partial charge on any atom is -0.480 e. The molecule has 0 fully saturated rings. The number of carbonyl (C=O) groups is 3. The molecule has 1 aromatic carbocycles. The second kappa shape index (κ2) is 6.55. The van der Waals surface area contributed by atoms with E-state index in [0.29, 0.717) is 24.1 Å². The summed E-state index contributed by atoms with van der Waals surface area (Å²) in [6, 6.07) is 1.41. The minimum absolute atomic E-state index is 0.196. The molecule has 1 heterocycles. The van der Waals surface area contributed by atoms with E-state index in [9.17, 15) is 18.8 Å². The van der Waals surface area contributed by atoms with Gasteiger partial charge in [-0.15, -0.1) is 0 Å². The van der Waals surface area contributed by atoms with Crippen LogP contribution < -0.4 is 10.6 Å². The van der Waals surface area contributed by atoms with E-state index < -0.39 is 23.7 Å². The van der Waals surface area contributed by atoms with E-state index >= 15 is 0 Å². The first-order valence-electron chi connectivity index (χ1n) is 7.08. The molecule has 118 valence electrons. The highest BCUT2D eigenvalue weighted by Gasteiger charge is 2.24. The van der Waals surface area contributed by atoms with Gasteiger partial charge in [0.2, 0.25) is 5.91 Å². The molecule has 0 bridgehead atoms. The fourth-order valence-corrected chi connectivity index (χ4v) is 2.36. The van der Waals surface area contributed by atoms with Crippen LogP contribution in [0.5, 0.6) is 0 Å². The van der Waals surface area contributed by atoms with Crippen LogP contribution in [0.3, 0.4) is 0 Å². The molecule has 1 atom stereocenters. The Bertz CT molecular complexity index is 630. The number of carboxylic acid groups (broad SMARTS) is 1. The van der Waals surface area contributed by atoms with E-state index in [-0.39, 0.29) is 24.3 Å². The molecule has 0 aromatic heterocycles. The van der Waals surface area contributed by atoms with Crippen molar-refractivity contribution in [2.24, 2.45) is 0 Å². The number of halogens is 1. The van der Waals surface area contributed by atoms with E-state index in [1.54, 1.807) is 6.92 Å². The van der Waals surface area contributed by atoms with Crippen LogP contribution in [-0.2, 0) is 16.0 Å². The van der Waals surface area contributed by atoms with Gasteiger partial charge in [0, 0.05) is 12.1 Å². The summed E-state index contributed by atoms with van der Waals surface area (Å²) < 4.78 is 14.0. The zero-order chi connectivity index (χ0) is 16.3. The highest BCUT2D eigenvalue weighted by atomic mass is 19.1. The lowest BCUT2D eigenvalue weighted by molar-refractivity contribution is -0.139. The topological polar surface area (TPSA) is 95.5 Å². The molecule has 0 saturated carbocycles. The number of aliphatic carboxylic acids is 1. The molecule has 2 amide bonds. The number of aryl methyl sites for hydroxylation is 1. The van der Waals surface area contributed by atoms with E-state index in [1.807, 2.05) is 0 Å². The number of carboxylic acids is 1. The van der Waals surface area contributed by atoms with Crippen LogP contribution in [0, 0.1) is 5.82 Å². The van der Waals surface area contributed by atoms with Gasteiger partial charge in [0.1, 0.15) is 11.9 Å². The molecule has 3 N–H and O–H groups in total. The summed E-state index contributed by atoms with van der Waals surface area (Å²) in [6.07, 6.45) is 1.53. The van der Waals surface area contributed by atoms with Gasteiger partial charge in [-0.1, -0.05) is 13.3 Å². The van der Waals surface area contributed by atoms with E-state index in [2.05, 4.69) is 10.6 Å². The van der Waals surface area contributed by atoms with Gasteiger partial charge in [-0.25, -0.2) is 9.18 Å². The van der Waals surface area contributed by atoms with Gasteiger partial charge in [-0.2, -0.15) is 0 Å². The summed E-state index contributed by atoms with van der Waals surface area (Å²) in [7, 11) is 0. The maximum Gasteiger partial charge on any atom is 0.326 e. The molecule has 0 radical (unpaired) electrons. The maximum absolute atomic E-state index is 14.0. The van der Waals surface area contributed by atoms with Crippen molar-refractivity contribution in [3.05, 3.63) is 29.1 Å². The van der Waals surface area contributed by atoms with Gasteiger partial charge in [0.05, 0.1) is 5.56 Å². The summed E-state index contributed by atoms with van der Waals surface area (Å²) in [5, 5.41) is 13.9. The second-order valence-electron chi connectivity index (χ2n) is 5.19. The number of fused-ring (bicyclic) bond motifs is 1. The molecule has 0 saturated heterocycles. The second-order valence-corrected chi connectivity index (χ2v) is 5.19. The molecule has 22 heavy (non-hydrogen) atoms. The van der Waals surface area contributed by atoms with Crippen LogP contribution in [0.2, 0.25) is 0 Å². The van der Waals surface area contributed by atoms with Crippen molar-refractivity contribution >= 4 is 23.5 Å². The third-order valence-electron chi connectivity index (χ3n) is 3.51. The summed E-state index contributed by atoms with van der Waals surface area (Å²) in [5.74, 6) is -2.91. The summed E-state index contributed by atoms with van der Waals surface area (Å²) in [5.41, 5.74) is 0.805. The average molecular weight is 308 g/mol. The van der Waals surface area contributed by atoms with Gasteiger partial charge >= 0.3 is 5.97 Å². The van der Waals surface area contributed by atoms with Gasteiger partial charge < -0.3 is 15.7 Å². The van der Waals surface area contributed by atoms with Crippen LogP contribution in [0.1, 0.15) is 42.1 Å². The SMILES string of the molecule is CCCC(NC(=O)c1cc2c(cc1F)NC(=O)CC2)C(=O)O. The van der Waals surface area contributed by atoms with Crippen molar-refractivity contribution < 1.29 is 23.9 Å². The first-order valence-corrected chi connectivity index (χ1v) is 7.08. The van der Waals surface area contributed by atoms with Crippen LogP contribution in [0.15, 0.2) is 12.1 Å². The summed E-state index contributed by atoms with van der Waals surface area (Å²) >= 11 is 0. The Kier molecular flexibility index (Phi) is 4.75. The third kappa shape index (κ3) is 3.41. The predicted octanol–water partition coefficient (Wildman–Crippen LogP) is 1.69. The van der Waals surface area contributed by atoms with E-state index in [4.69, 9.17) is 5.11 Å². The first-order chi connectivity index (χ1) is 10.4. The number of rotatable bonds is 5. The Morgan fingerprint density at radius 1 is 1.41 bits per heavy atom. The Hall–Kier alpha value is -2.44. The largest absolute Gasteiger partial charge is 0.480 e. The lowest BCUT2D eigenvalue weighted by atomic mass is 9.99. The van der Waals surface area contributed by atoms with Gasteiger partial charge in [0.25, 0.3) is 5.91 Å². The molecule has 6 nitrogen and oxygen atoms in total. The molecular formula is C15H17FN2O4. The van der Waals surface area contributed by atoms with Crippen molar-refractivity contribution in [3.63, 3.8) is 0 Å². The first kappa shape index (κ1) is 15.9. The number of nitrogens with one attached hydrogen (secondary N) is 2. The van der Waals surface area contributed by atoms with Crippen molar-refractivity contribution in [3.8, 4) is 0 Å². The molecule has 0 aliphatic carbocycles. The van der Waals surface area contributed by atoms with Crippen LogP contribution >= 0.6 is 0 Å². The van der Waals surface area contributed by atoms with Crippen molar-refractivity contribution in [1.82, 2.24) is 5.32 Å². The number of benzene rings is 1. The van der Waals surface area contributed by atoms with Crippen LogP contribution in [0.4, 0.5) is 10.1 Å². The fraction of sp³-hybridized carbons (Fsp3) is 0.400. The molecule has 1 aliphatic heterocycles. The molecule has 1 unspecified atom stereocenters. The molecule has 7 heteroatoms. The lowest BCUT2D eigenvalue weighted by Crippen LogP contribution is -2.41. The van der Waals surface area contributed by atoms with Crippen molar-refractivity contribution in [2.75, 3.05) is 5.32 Å². The van der Waals surface area contributed by atoms with Gasteiger partial charge in [-0.05, 0) is 30.5 Å². The van der Waals surface area contributed by atoms with Crippen LogP contribution in [0.25, 0.3) is 0 Å². The summed E-state index contributed by atoms with van der Waals surface area (Å²) in [6.45, 7) is 1.80. The zero-order valence-corrected chi connectivity index (χ0v) is 12.1. The third-order valence-corrected chi connectivity index (χ3v) is 3.51. The highest BCUT2D eigenvalue weighted by Crippen LogP contribution is 2.26. The summed E-state index contributed by atoms with van der Waals surface area (Å²) in [4.78, 5) is 34.4. The maximum atomic E-state index is 14.0. The van der Waals surface area contributed by atoms with Crippen molar-refractivity contribution in [2.45, 2.75) is 38.6 Å². The lowest BCUT2D eigenvalue weighted by Gasteiger charge is -2.19. The number of amides is 2. The number of carbonyl (C=O) groups excluding carboxylic acids is 2. The van der Waals surface area contributed by atoms with Crippen molar-refractivity contribution in [1.29, 1.82) is 0 Å². The Morgan fingerprint density at radius 2 is 2.14 bits per heavy atom. The average Bonchev–Trinajstić information content (AvgIpc) is 2.45. The number of hydrogen-bond donors (Lipinski definition) is 3. The van der Waals surface area contributed by atoms with E-state index in [0.717, 1.165) is 6.07 Å². The number of hydrogen-bond acceptors (Lipinski definition) is 3. The molecule has 1 aromatic rings. The minimum atomic E-state index is -1.15. The molecular weight excluding hydrogens is 291 g/mol. The standard InChI is InChI=1S/C15H17FN2O4/c1-2-3-11(15(21)22)18-14(20)9-6-8-4-5-13(19)17-12(8)7-10(9)16/h6-7,11H,2-5H2,1H3,(H,17,19)(H,18,20)(H,21,22). The Labute approximate surface area is 126 Å². The quantitative estimate of drug-likeness (QED) is 0.771. The Balaban J connectivity index is 2.23. The normalized spacial score (nSPS) is 14.7. The predicted molar refractivity (Wildman–Crippen MR) is 77.1 cm³/mol. The molecule has 0 spiro atoms. The Morgan fingerprint density at radius 3 is 2.77 bits per heavy atom. The molecule has 1 aliphatic rings. The van der Waals surface area contributed by atoms with Crippen LogP contribution in [-0.4, -0.2) is 28.9 Å². The number of anilines is 1. The fourth-order valence-electron chi connectivity index (χ4n) is 2.36. The van der Waals surface area contributed by atoms with E-state index in [1.165, 1.54) is 6.07 Å². The highest BCUT2D eigenvalue weighted by molar-refractivity contribution is 5.99. The van der Waals surface area contributed by atoms with Gasteiger partial charge in [0.15, 0.2) is 0 Å². The monoisotopic (exact) mass is 308 g/mol. The zero-order valence-electron chi connectivity index (χ0n) is 12.1. The molecule has 2 rings (SSSR count). The smallest absolute Gasteiger partial charge is 0.326 e. The van der Waals surface area contributed by atoms with Gasteiger partial charge in [-0.3, -0.25) is 9.59 Å².